The van der Waals surface area contributed by atoms with Crippen LogP contribution in [0.1, 0.15) is 33.6 Å². The summed E-state index contributed by atoms with van der Waals surface area (Å²) in [5.74, 6) is -6.74. The molecule has 44 heavy (non-hydrogen) atoms. The second kappa shape index (κ2) is 16.3. The topological polar surface area (TPSA) is 244 Å². The summed E-state index contributed by atoms with van der Waals surface area (Å²) in [5.41, 5.74) is -1.64. The Hall–Kier alpha value is -6.20. The second-order valence-electron chi connectivity index (χ2n) is 7.98. The van der Waals surface area contributed by atoms with Crippen molar-refractivity contribution in [2.45, 2.75) is 12.8 Å². The number of benzene rings is 2. The minimum absolute atomic E-state index is 0.145. The first-order valence-corrected chi connectivity index (χ1v) is 12.0. The highest BCUT2D eigenvalue weighted by molar-refractivity contribution is 5.92. The molecule has 232 valence electrons. The third kappa shape index (κ3) is 10.3. The summed E-state index contributed by atoms with van der Waals surface area (Å²) in [7, 11) is 2.16. The molecule has 0 radical (unpaired) electrons. The number of esters is 6. The van der Waals surface area contributed by atoms with Crippen molar-refractivity contribution in [3.05, 3.63) is 79.9 Å². The molecule has 0 N–H and O–H groups in total. The number of carbonyl (C=O) groups is 6. The van der Waals surface area contributed by atoms with E-state index in [-0.39, 0.29) is 11.1 Å². The lowest BCUT2D eigenvalue weighted by molar-refractivity contribution is -0.385. The highest BCUT2D eigenvalue weighted by atomic mass is 16.6. The monoisotopic (exact) mass is 618 g/mol. The maximum atomic E-state index is 12.0. The fourth-order valence-corrected chi connectivity index (χ4v) is 3.03. The van der Waals surface area contributed by atoms with Crippen molar-refractivity contribution < 1.29 is 67.0 Å². The van der Waals surface area contributed by atoms with Gasteiger partial charge in [-0.25, -0.2) is 19.2 Å². The second-order valence-corrected chi connectivity index (χ2v) is 7.98. The smallest absolute Gasteiger partial charge is 0.338 e. The summed E-state index contributed by atoms with van der Waals surface area (Å²) in [6.07, 6.45) is 0.278. The Morgan fingerprint density at radius 3 is 1.34 bits per heavy atom. The summed E-state index contributed by atoms with van der Waals surface area (Å²) < 4.78 is 28.2. The highest BCUT2D eigenvalue weighted by Crippen LogP contribution is 2.29. The van der Waals surface area contributed by atoms with Gasteiger partial charge in [0.15, 0.2) is 0 Å². The molecular weight excluding hydrogens is 596 g/mol. The lowest BCUT2D eigenvalue weighted by Crippen LogP contribution is -2.15. The summed E-state index contributed by atoms with van der Waals surface area (Å²) >= 11 is 0. The third-order valence-corrected chi connectivity index (χ3v) is 5.06. The molecule has 0 fully saturated rings. The van der Waals surface area contributed by atoms with Crippen LogP contribution in [0.3, 0.4) is 0 Å². The van der Waals surface area contributed by atoms with E-state index in [1.165, 1.54) is 0 Å². The number of carbonyl (C=O) groups excluding carboxylic acids is 6. The van der Waals surface area contributed by atoms with Crippen LogP contribution in [0.15, 0.2) is 48.6 Å². The average molecular weight is 618 g/mol. The molecule has 0 atom stereocenters. The number of nitro benzene ring substituents is 2. The molecule has 0 spiro atoms. The van der Waals surface area contributed by atoms with Gasteiger partial charge in [0.2, 0.25) is 11.5 Å². The van der Waals surface area contributed by atoms with Crippen molar-refractivity contribution in [2.75, 3.05) is 27.4 Å². The summed E-state index contributed by atoms with van der Waals surface area (Å²) in [5, 5.41) is 22.5. The molecule has 2 aromatic rings. The summed E-state index contributed by atoms with van der Waals surface area (Å²) in [6.45, 7) is -1.05. The molecule has 18 heteroatoms. The van der Waals surface area contributed by atoms with Gasteiger partial charge in [0.1, 0.15) is 13.2 Å². The van der Waals surface area contributed by atoms with E-state index in [1.807, 2.05) is 0 Å². The maximum Gasteiger partial charge on any atom is 0.338 e. The van der Waals surface area contributed by atoms with E-state index in [0.717, 1.165) is 50.6 Å². The van der Waals surface area contributed by atoms with Gasteiger partial charge in [-0.15, -0.1) is 0 Å². The molecule has 18 nitrogen and oxygen atoms in total. The first-order chi connectivity index (χ1) is 20.9. The number of nitro groups is 2. The SMILES string of the molecule is COC(=O)c1ccc(OC(=O)CCOC(=O)/C=C\C(=O)OCCC(=O)Oc2ccc(C(=O)OC)cc2[N+](=O)[O-])c([N+](=O)[O-])c1. The number of hydrogen-bond donors (Lipinski definition) is 0. The van der Waals surface area contributed by atoms with Gasteiger partial charge >= 0.3 is 47.2 Å². The van der Waals surface area contributed by atoms with Gasteiger partial charge in [-0.1, -0.05) is 0 Å². The minimum Gasteiger partial charge on any atom is -0.465 e. The Morgan fingerprint density at radius 1 is 0.659 bits per heavy atom. The number of hydrogen-bond acceptors (Lipinski definition) is 16. The van der Waals surface area contributed by atoms with Gasteiger partial charge in [0.05, 0.1) is 48.0 Å². The molecule has 0 aliphatic rings. The molecule has 0 unspecified atom stereocenters. The molecule has 0 amide bonds. The normalized spacial score (nSPS) is 10.3. The van der Waals surface area contributed by atoms with E-state index in [4.69, 9.17) is 18.9 Å². The standard InChI is InChI=1S/C26H22N2O16/c1-39-25(33)15-3-5-19(17(13-15)27(35)36)43-23(31)9-11-41-21(29)7-8-22(30)42-12-10-24(32)44-20-6-4-16(26(34)40-2)14-18(20)28(37)38/h3-8,13-14H,9-12H2,1-2H3/b8-7-. The van der Waals surface area contributed by atoms with Crippen molar-refractivity contribution >= 4 is 47.2 Å². The van der Waals surface area contributed by atoms with E-state index < -0.39 is 94.6 Å². The van der Waals surface area contributed by atoms with Gasteiger partial charge in [-0.05, 0) is 24.3 Å². The lowest BCUT2D eigenvalue weighted by Gasteiger charge is -2.07. The van der Waals surface area contributed by atoms with E-state index in [1.54, 1.807) is 0 Å². The van der Waals surface area contributed by atoms with Crippen LogP contribution in [0, 0.1) is 20.2 Å². The quantitative estimate of drug-likeness (QED) is 0.0733. The fraction of sp³-hybridized carbons (Fsp3) is 0.231. The van der Waals surface area contributed by atoms with Crippen LogP contribution in [0.25, 0.3) is 0 Å². The first kappa shape index (κ1) is 34.0. The zero-order valence-corrected chi connectivity index (χ0v) is 22.9. The molecule has 2 rings (SSSR count). The molecule has 0 aromatic heterocycles. The van der Waals surface area contributed by atoms with Crippen LogP contribution in [0.5, 0.6) is 11.5 Å². The predicted octanol–water partition coefficient (Wildman–Crippen LogP) is 2.01. The molecule has 0 aliphatic carbocycles. The van der Waals surface area contributed by atoms with Gasteiger partial charge in [-0.2, -0.15) is 0 Å². The van der Waals surface area contributed by atoms with Crippen LogP contribution in [0.2, 0.25) is 0 Å². The Morgan fingerprint density at radius 2 is 1.02 bits per heavy atom. The molecular formula is C26H22N2O16. The predicted molar refractivity (Wildman–Crippen MR) is 140 cm³/mol. The van der Waals surface area contributed by atoms with E-state index >= 15 is 0 Å². The fourth-order valence-electron chi connectivity index (χ4n) is 3.03. The minimum atomic E-state index is -1.06. The van der Waals surface area contributed by atoms with Crippen molar-refractivity contribution in [3.63, 3.8) is 0 Å². The molecule has 0 saturated heterocycles. The molecule has 0 bridgehead atoms. The number of ether oxygens (including phenoxy) is 6. The zero-order valence-electron chi connectivity index (χ0n) is 22.9. The van der Waals surface area contributed by atoms with Crippen LogP contribution in [0.4, 0.5) is 11.4 Å². The molecule has 0 saturated carbocycles. The Balaban J connectivity index is 1.77. The van der Waals surface area contributed by atoms with Gasteiger partial charge in [0.25, 0.3) is 0 Å². The summed E-state index contributed by atoms with van der Waals surface area (Å²) in [4.78, 5) is 91.3. The van der Waals surface area contributed by atoms with E-state index in [9.17, 15) is 49.0 Å². The van der Waals surface area contributed by atoms with E-state index in [0.29, 0.717) is 12.2 Å². The van der Waals surface area contributed by atoms with Crippen molar-refractivity contribution in [1.82, 2.24) is 0 Å². The highest BCUT2D eigenvalue weighted by Gasteiger charge is 2.23. The van der Waals surface area contributed by atoms with Crippen molar-refractivity contribution in [3.8, 4) is 11.5 Å². The Bertz CT molecular complexity index is 1400. The third-order valence-electron chi connectivity index (χ3n) is 5.06. The maximum absolute atomic E-state index is 12.0. The van der Waals surface area contributed by atoms with Crippen LogP contribution < -0.4 is 9.47 Å². The number of rotatable bonds is 14. The van der Waals surface area contributed by atoms with E-state index in [2.05, 4.69) is 9.47 Å². The van der Waals surface area contributed by atoms with Crippen LogP contribution in [-0.2, 0) is 38.1 Å². The van der Waals surface area contributed by atoms with Crippen molar-refractivity contribution in [1.29, 1.82) is 0 Å². The first-order valence-electron chi connectivity index (χ1n) is 12.0. The van der Waals surface area contributed by atoms with Crippen LogP contribution >= 0.6 is 0 Å². The largest absolute Gasteiger partial charge is 0.465 e. The Labute approximate surface area is 246 Å². The molecule has 0 heterocycles. The van der Waals surface area contributed by atoms with Gasteiger partial charge in [-0.3, -0.25) is 29.8 Å². The lowest BCUT2D eigenvalue weighted by atomic mass is 10.2. The average Bonchev–Trinajstić information content (AvgIpc) is 2.99. The number of methoxy groups -OCH3 is 2. The van der Waals surface area contributed by atoms with Crippen LogP contribution in [-0.4, -0.2) is 73.1 Å². The molecule has 2 aromatic carbocycles. The molecule has 0 aliphatic heterocycles. The summed E-state index contributed by atoms with van der Waals surface area (Å²) in [6, 6.07) is 6.06. The Kier molecular flexibility index (Phi) is 12.6. The zero-order chi connectivity index (χ0) is 32.8. The van der Waals surface area contributed by atoms with Crippen molar-refractivity contribution in [2.24, 2.45) is 0 Å². The van der Waals surface area contributed by atoms with Gasteiger partial charge in [0, 0.05) is 24.3 Å². The number of nitrogens with zero attached hydrogens (tertiary/aromatic N) is 2. The van der Waals surface area contributed by atoms with Gasteiger partial charge < -0.3 is 28.4 Å².